The molecule has 30 heavy (non-hydrogen) atoms. The van der Waals surface area contributed by atoms with Gasteiger partial charge < -0.3 is 15.4 Å². The van der Waals surface area contributed by atoms with Crippen molar-refractivity contribution in [3.05, 3.63) is 52.8 Å². The van der Waals surface area contributed by atoms with Crippen LogP contribution in [0.3, 0.4) is 0 Å². The van der Waals surface area contributed by atoms with Gasteiger partial charge in [0.1, 0.15) is 17.7 Å². The summed E-state index contributed by atoms with van der Waals surface area (Å²) in [5.41, 5.74) is 6.97. The Labute approximate surface area is 179 Å². The first-order valence-corrected chi connectivity index (χ1v) is 10.3. The predicted molar refractivity (Wildman–Crippen MR) is 113 cm³/mol. The van der Waals surface area contributed by atoms with Gasteiger partial charge in [0.15, 0.2) is 11.5 Å². The van der Waals surface area contributed by atoms with E-state index in [1.807, 2.05) is 25.2 Å². The predicted octanol–water partition coefficient (Wildman–Crippen LogP) is 2.84. The van der Waals surface area contributed by atoms with Crippen LogP contribution in [0.2, 0.25) is 5.02 Å². The van der Waals surface area contributed by atoms with E-state index in [1.165, 1.54) is 17.0 Å². The van der Waals surface area contributed by atoms with E-state index in [0.29, 0.717) is 28.4 Å². The van der Waals surface area contributed by atoms with E-state index in [4.69, 9.17) is 27.1 Å². The van der Waals surface area contributed by atoms with Crippen LogP contribution in [0.4, 0.5) is 4.39 Å². The molecule has 6 nitrogen and oxygen atoms in total. The molecule has 2 aromatic rings. The summed E-state index contributed by atoms with van der Waals surface area (Å²) >= 11 is 6.06. The first kappa shape index (κ1) is 19.3. The SMILES string of the molecule is CN1CCC2Oc3ccc(-c4cc(F)cc(Cl)c4)cc3C3(N=C(N)N(C)C3=O)C2C1. The summed E-state index contributed by atoms with van der Waals surface area (Å²) in [4.78, 5) is 21.9. The van der Waals surface area contributed by atoms with E-state index in [1.54, 1.807) is 13.1 Å². The van der Waals surface area contributed by atoms with Crippen molar-refractivity contribution in [1.29, 1.82) is 0 Å². The third-order valence-corrected chi connectivity index (χ3v) is 6.64. The van der Waals surface area contributed by atoms with Crippen molar-refractivity contribution in [2.75, 3.05) is 27.2 Å². The van der Waals surface area contributed by atoms with Crippen molar-refractivity contribution < 1.29 is 13.9 Å². The molecular formula is C22H22ClFN4O2. The number of likely N-dealkylation sites (N-methyl/N-ethyl adjacent to an activating group) is 1. The molecule has 1 spiro atoms. The molecule has 1 amide bonds. The minimum absolute atomic E-state index is 0.129. The quantitative estimate of drug-likeness (QED) is 0.758. The highest BCUT2D eigenvalue weighted by atomic mass is 35.5. The van der Waals surface area contributed by atoms with Crippen LogP contribution in [0.25, 0.3) is 11.1 Å². The maximum absolute atomic E-state index is 14.0. The van der Waals surface area contributed by atoms with Gasteiger partial charge in [0.25, 0.3) is 5.91 Å². The first-order chi connectivity index (χ1) is 14.3. The maximum Gasteiger partial charge on any atom is 0.262 e. The van der Waals surface area contributed by atoms with Gasteiger partial charge in [0.05, 0.1) is 0 Å². The summed E-state index contributed by atoms with van der Waals surface area (Å²) in [5.74, 6) is 0.0516. The molecule has 3 heterocycles. The number of nitrogens with two attached hydrogens (primary N) is 1. The van der Waals surface area contributed by atoms with Crippen molar-refractivity contribution in [2.45, 2.75) is 18.1 Å². The van der Waals surface area contributed by atoms with Gasteiger partial charge in [-0.3, -0.25) is 9.69 Å². The third-order valence-electron chi connectivity index (χ3n) is 6.42. The number of carbonyl (C=O) groups is 1. The zero-order valence-electron chi connectivity index (χ0n) is 16.7. The van der Waals surface area contributed by atoms with E-state index >= 15 is 0 Å². The number of halogens is 2. The van der Waals surface area contributed by atoms with Gasteiger partial charge in [0.2, 0.25) is 0 Å². The number of nitrogens with zero attached hydrogens (tertiary/aromatic N) is 3. The van der Waals surface area contributed by atoms with Gasteiger partial charge in [-0.2, -0.15) is 0 Å². The number of hydrogen-bond acceptors (Lipinski definition) is 5. The molecule has 0 aromatic heterocycles. The summed E-state index contributed by atoms with van der Waals surface area (Å²) in [6.07, 6.45) is 0.672. The minimum atomic E-state index is -1.15. The number of benzene rings is 2. The third kappa shape index (κ3) is 2.72. The van der Waals surface area contributed by atoms with E-state index < -0.39 is 11.4 Å². The summed E-state index contributed by atoms with van der Waals surface area (Å²) in [5, 5.41) is 0.307. The fraction of sp³-hybridized carbons (Fsp3) is 0.364. The molecule has 0 saturated carbocycles. The van der Waals surface area contributed by atoms with E-state index in [0.717, 1.165) is 18.5 Å². The number of aliphatic imine (C=N–C) groups is 1. The van der Waals surface area contributed by atoms with Gasteiger partial charge >= 0.3 is 0 Å². The number of hydrogen-bond donors (Lipinski definition) is 1. The maximum atomic E-state index is 14.0. The highest BCUT2D eigenvalue weighted by Crippen LogP contribution is 2.51. The molecule has 156 valence electrons. The van der Waals surface area contributed by atoms with Crippen molar-refractivity contribution in [1.82, 2.24) is 9.80 Å². The number of fused-ring (bicyclic) bond motifs is 4. The normalized spacial score (nSPS) is 28.2. The lowest BCUT2D eigenvalue weighted by molar-refractivity contribution is -0.137. The number of carbonyl (C=O) groups excluding carboxylic acids is 1. The van der Waals surface area contributed by atoms with Gasteiger partial charge in [-0.25, -0.2) is 9.38 Å². The average molecular weight is 429 g/mol. The Kier molecular flexibility index (Phi) is 4.31. The number of ether oxygens (including phenoxy) is 1. The molecule has 3 unspecified atom stereocenters. The lowest BCUT2D eigenvalue weighted by atomic mass is 9.70. The lowest BCUT2D eigenvalue weighted by Crippen LogP contribution is -2.58. The summed E-state index contributed by atoms with van der Waals surface area (Å²) < 4.78 is 20.3. The molecule has 8 heteroatoms. The lowest BCUT2D eigenvalue weighted by Gasteiger charge is -2.48. The zero-order valence-corrected chi connectivity index (χ0v) is 17.5. The number of rotatable bonds is 1. The largest absolute Gasteiger partial charge is 0.490 e. The van der Waals surface area contributed by atoms with Gasteiger partial charge in [0, 0.05) is 36.6 Å². The molecule has 1 fully saturated rings. The van der Waals surface area contributed by atoms with Gasteiger partial charge in [-0.15, -0.1) is 0 Å². The van der Waals surface area contributed by atoms with Crippen molar-refractivity contribution in [3.8, 4) is 16.9 Å². The van der Waals surface area contributed by atoms with Crippen LogP contribution >= 0.6 is 11.6 Å². The second kappa shape index (κ2) is 6.68. The molecule has 3 atom stereocenters. The average Bonchev–Trinajstić information content (AvgIpc) is 2.93. The van der Waals surface area contributed by atoms with Crippen LogP contribution < -0.4 is 10.5 Å². The Bertz CT molecular complexity index is 1070. The topological polar surface area (TPSA) is 71.2 Å². The molecule has 0 bridgehead atoms. The Morgan fingerprint density at radius 1 is 1.23 bits per heavy atom. The molecule has 3 aliphatic rings. The highest BCUT2D eigenvalue weighted by Gasteiger charge is 2.60. The van der Waals surface area contributed by atoms with Crippen LogP contribution in [0.5, 0.6) is 5.75 Å². The number of amides is 1. The summed E-state index contributed by atoms with van der Waals surface area (Å²) in [6, 6.07) is 9.91. The van der Waals surface area contributed by atoms with E-state index in [9.17, 15) is 9.18 Å². The standard InChI is InChI=1S/C22H22ClFN4O2/c1-27-6-5-19-17(11-27)22(20(29)28(2)21(25)26-22)16-9-12(3-4-18(16)30-19)13-7-14(23)10-15(24)8-13/h3-4,7-10,17,19H,5-6,11H2,1-2H3,(H2,25,26). The second-order valence-electron chi connectivity index (χ2n) is 8.28. The first-order valence-electron chi connectivity index (χ1n) is 9.89. The van der Waals surface area contributed by atoms with Crippen LogP contribution in [0, 0.1) is 11.7 Å². The van der Waals surface area contributed by atoms with Crippen molar-refractivity contribution in [2.24, 2.45) is 16.6 Å². The Hall–Kier alpha value is -2.64. The molecule has 5 rings (SSSR count). The van der Waals surface area contributed by atoms with Crippen LogP contribution in [-0.2, 0) is 10.3 Å². The van der Waals surface area contributed by atoms with Crippen LogP contribution in [0.1, 0.15) is 12.0 Å². The zero-order chi connectivity index (χ0) is 21.2. The molecule has 2 N–H and O–H groups in total. The fourth-order valence-corrected chi connectivity index (χ4v) is 5.13. The summed E-state index contributed by atoms with van der Waals surface area (Å²) in [6.45, 7) is 1.55. The second-order valence-corrected chi connectivity index (χ2v) is 8.72. The Balaban J connectivity index is 1.72. The smallest absolute Gasteiger partial charge is 0.262 e. The molecule has 2 aromatic carbocycles. The van der Waals surface area contributed by atoms with E-state index in [2.05, 4.69) is 4.90 Å². The van der Waals surface area contributed by atoms with Crippen LogP contribution in [-0.4, -0.2) is 55.0 Å². The van der Waals surface area contributed by atoms with Crippen molar-refractivity contribution in [3.63, 3.8) is 0 Å². The molecule has 0 radical (unpaired) electrons. The van der Waals surface area contributed by atoms with Crippen molar-refractivity contribution >= 4 is 23.5 Å². The highest BCUT2D eigenvalue weighted by molar-refractivity contribution is 6.30. The summed E-state index contributed by atoms with van der Waals surface area (Å²) in [7, 11) is 3.67. The van der Waals surface area contributed by atoms with Crippen LogP contribution in [0.15, 0.2) is 41.4 Å². The monoisotopic (exact) mass is 428 g/mol. The number of guanidine groups is 1. The van der Waals surface area contributed by atoms with Gasteiger partial charge in [-0.05, 0) is 54.9 Å². The Morgan fingerprint density at radius 3 is 2.73 bits per heavy atom. The minimum Gasteiger partial charge on any atom is -0.490 e. The Morgan fingerprint density at radius 2 is 2.03 bits per heavy atom. The molecule has 3 aliphatic heterocycles. The molecule has 0 aliphatic carbocycles. The van der Waals surface area contributed by atoms with E-state index in [-0.39, 0.29) is 23.9 Å². The fourth-order valence-electron chi connectivity index (χ4n) is 4.91. The number of piperidine rings is 1. The molecule has 1 saturated heterocycles. The van der Waals surface area contributed by atoms with Gasteiger partial charge in [-0.1, -0.05) is 17.7 Å². The number of likely N-dealkylation sites (tertiary alicyclic amines) is 1. The molecular weight excluding hydrogens is 407 g/mol.